The number of halogens is 1. The SMILES string of the molecule is CCc1cc(CC(C#N)c2cccc(Cl)c2)ccc1OC. The van der Waals surface area contributed by atoms with E-state index < -0.39 is 0 Å². The summed E-state index contributed by atoms with van der Waals surface area (Å²) >= 11 is 6.01. The molecule has 108 valence electrons. The van der Waals surface area contributed by atoms with E-state index in [0.717, 1.165) is 28.9 Å². The molecular weight excluding hydrogens is 282 g/mol. The van der Waals surface area contributed by atoms with Crippen molar-refractivity contribution in [3.05, 3.63) is 64.2 Å². The molecule has 1 atom stereocenters. The molecule has 0 bridgehead atoms. The van der Waals surface area contributed by atoms with Crippen molar-refractivity contribution < 1.29 is 4.74 Å². The Balaban J connectivity index is 2.25. The first-order chi connectivity index (χ1) is 10.2. The van der Waals surface area contributed by atoms with Gasteiger partial charge in [-0.3, -0.25) is 0 Å². The molecule has 2 aromatic rings. The van der Waals surface area contributed by atoms with Gasteiger partial charge in [-0.2, -0.15) is 5.26 Å². The van der Waals surface area contributed by atoms with Gasteiger partial charge in [-0.1, -0.05) is 42.8 Å². The molecule has 1 unspecified atom stereocenters. The van der Waals surface area contributed by atoms with Gasteiger partial charge in [0.05, 0.1) is 19.1 Å². The zero-order valence-electron chi connectivity index (χ0n) is 12.3. The first kappa shape index (κ1) is 15.4. The van der Waals surface area contributed by atoms with Crippen molar-refractivity contribution in [3.63, 3.8) is 0 Å². The van der Waals surface area contributed by atoms with Gasteiger partial charge in [-0.15, -0.1) is 0 Å². The molecular formula is C18H18ClNO. The van der Waals surface area contributed by atoms with Gasteiger partial charge in [0.25, 0.3) is 0 Å². The van der Waals surface area contributed by atoms with Crippen molar-refractivity contribution in [1.29, 1.82) is 5.26 Å². The van der Waals surface area contributed by atoms with Crippen LogP contribution in [0.2, 0.25) is 5.02 Å². The summed E-state index contributed by atoms with van der Waals surface area (Å²) in [6.45, 7) is 2.10. The standard InChI is InChI=1S/C18H18ClNO/c1-3-14-9-13(7-8-18(14)21-2)10-16(12-20)15-5-4-6-17(19)11-15/h4-9,11,16H,3,10H2,1-2H3. The predicted molar refractivity (Wildman–Crippen MR) is 85.9 cm³/mol. The zero-order chi connectivity index (χ0) is 15.2. The van der Waals surface area contributed by atoms with E-state index in [1.807, 2.05) is 36.4 Å². The number of benzene rings is 2. The van der Waals surface area contributed by atoms with Crippen LogP contribution in [-0.2, 0) is 12.8 Å². The number of rotatable bonds is 5. The minimum atomic E-state index is -0.193. The van der Waals surface area contributed by atoms with Gasteiger partial charge < -0.3 is 4.74 Å². The highest BCUT2D eigenvalue weighted by Crippen LogP contribution is 2.26. The monoisotopic (exact) mass is 299 g/mol. The fourth-order valence-corrected chi connectivity index (χ4v) is 2.63. The topological polar surface area (TPSA) is 33.0 Å². The third-order valence-electron chi connectivity index (χ3n) is 3.57. The molecule has 2 aromatic carbocycles. The molecule has 0 radical (unpaired) electrons. The second-order valence-electron chi connectivity index (χ2n) is 4.94. The van der Waals surface area contributed by atoms with E-state index in [0.29, 0.717) is 11.4 Å². The van der Waals surface area contributed by atoms with Crippen LogP contribution in [0.25, 0.3) is 0 Å². The second-order valence-corrected chi connectivity index (χ2v) is 5.38. The van der Waals surface area contributed by atoms with Crippen molar-refractivity contribution in [2.75, 3.05) is 7.11 Å². The molecule has 0 saturated heterocycles. The average Bonchev–Trinajstić information content (AvgIpc) is 2.52. The largest absolute Gasteiger partial charge is 0.496 e. The van der Waals surface area contributed by atoms with Gasteiger partial charge in [0, 0.05) is 5.02 Å². The zero-order valence-corrected chi connectivity index (χ0v) is 13.0. The van der Waals surface area contributed by atoms with Crippen molar-refractivity contribution in [3.8, 4) is 11.8 Å². The van der Waals surface area contributed by atoms with Crippen molar-refractivity contribution in [2.45, 2.75) is 25.7 Å². The highest BCUT2D eigenvalue weighted by molar-refractivity contribution is 6.30. The normalized spacial score (nSPS) is 11.7. The molecule has 0 saturated carbocycles. The van der Waals surface area contributed by atoms with Crippen LogP contribution in [0.15, 0.2) is 42.5 Å². The molecule has 0 aliphatic heterocycles. The first-order valence-electron chi connectivity index (χ1n) is 6.98. The number of hydrogen-bond acceptors (Lipinski definition) is 2. The van der Waals surface area contributed by atoms with Gasteiger partial charge in [0.1, 0.15) is 5.75 Å². The van der Waals surface area contributed by atoms with E-state index in [1.165, 1.54) is 0 Å². The van der Waals surface area contributed by atoms with Crippen LogP contribution in [0.5, 0.6) is 5.75 Å². The lowest BCUT2D eigenvalue weighted by Gasteiger charge is -2.13. The molecule has 0 heterocycles. The van der Waals surface area contributed by atoms with Crippen LogP contribution in [0, 0.1) is 11.3 Å². The van der Waals surface area contributed by atoms with E-state index in [-0.39, 0.29) is 5.92 Å². The minimum Gasteiger partial charge on any atom is -0.496 e. The Morgan fingerprint density at radius 3 is 2.67 bits per heavy atom. The van der Waals surface area contributed by atoms with Crippen LogP contribution >= 0.6 is 11.6 Å². The molecule has 0 amide bonds. The van der Waals surface area contributed by atoms with Crippen molar-refractivity contribution in [1.82, 2.24) is 0 Å². The maximum atomic E-state index is 9.44. The summed E-state index contributed by atoms with van der Waals surface area (Å²) in [6.07, 6.45) is 1.58. The van der Waals surface area contributed by atoms with Gasteiger partial charge in [0.15, 0.2) is 0 Å². The molecule has 3 heteroatoms. The van der Waals surface area contributed by atoms with Crippen molar-refractivity contribution in [2.24, 2.45) is 0 Å². The van der Waals surface area contributed by atoms with Crippen molar-refractivity contribution >= 4 is 11.6 Å². The maximum Gasteiger partial charge on any atom is 0.122 e. The molecule has 0 fully saturated rings. The number of hydrogen-bond donors (Lipinski definition) is 0. The molecule has 0 aliphatic rings. The lowest BCUT2D eigenvalue weighted by atomic mass is 9.92. The van der Waals surface area contributed by atoms with E-state index in [2.05, 4.69) is 19.1 Å². The minimum absolute atomic E-state index is 0.193. The Morgan fingerprint density at radius 1 is 1.24 bits per heavy atom. The first-order valence-corrected chi connectivity index (χ1v) is 7.36. The third kappa shape index (κ3) is 3.77. The molecule has 0 spiro atoms. The quantitative estimate of drug-likeness (QED) is 0.797. The summed E-state index contributed by atoms with van der Waals surface area (Å²) in [5.74, 6) is 0.708. The average molecular weight is 300 g/mol. The molecule has 21 heavy (non-hydrogen) atoms. The fourth-order valence-electron chi connectivity index (χ4n) is 2.43. The van der Waals surface area contributed by atoms with E-state index in [4.69, 9.17) is 16.3 Å². The smallest absolute Gasteiger partial charge is 0.122 e. The van der Waals surface area contributed by atoms with Crippen LogP contribution < -0.4 is 4.74 Å². The maximum absolute atomic E-state index is 9.44. The van der Waals surface area contributed by atoms with Gasteiger partial charge in [-0.05, 0) is 47.7 Å². The van der Waals surface area contributed by atoms with Crippen LogP contribution in [0.4, 0.5) is 0 Å². The van der Waals surface area contributed by atoms with Gasteiger partial charge in [-0.25, -0.2) is 0 Å². The number of nitrogens with zero attached hydrogens (tertiary/aromatic N) is 1. The Kier molecular flexibility index (Phi) is 5.25. The molecule has 0 N–H and O–H groups in total. The summed E-state index contributed by atoms with van der Waals surface area (Å²) in [5, 5.41) is 10.1. The lowest BCUT2D eigenvalue weighted by Crippen LogP contribution is -2.02. The van der Waals surface area contributed by atoms with Crippen LogP contribution in [0.1, 0.15) is 29.5 Å². The Labute approximate surface area is 130 Å². The van der Waals surface area contributed by atoms with Gasteiger partial charge in [0.2, 0.25) is 0 Å². The number of aryl methyl sites for hydroxylation is 1. The molecule has 2 rings (SSSR count). The van der Waals surface area contributed by atoms with E-state index in [9.17, 15) is 5.26 Å². The van der Waals surface area contributed by atoms with Gasteiger partial charge >= 0.3 is 0 Å². The Hall–Kier alpha value is -1.98. The van der Waals surface area contributed by atoms with E-state index >= 15 is 0 Å². The highest BCUT2D eigenvalue weighted by atomic mass is 35.5. The van der Waals surface area contributed by atoms with Crippen LogP contribution in [-0.4, -0.2) is 7.11 Å². The summed E-state index contributed by atoms with van der Waals surface area (Å²) in [4.78, 5) is 0. The molecule has 0 aliphatic carbocycles. The van der Waals surface area contributed by atoms with E-state index in [1.54, 1.807) is 7.11 Å². The Bertz CT molecular complexity index is 661. The summed E-state index contributed by atoms with van der Waals surface area (Å²) in [7, 11) is 1.68. The lowest BCUT2D eigenvalue weighted by molar-refractivity contribution is 0.410. The molecule has 0 aromatic heterocycles. The highest BCUT2D eigenvalue weighted by Gasteiger charge is 2.13. The predicted octanol–water partition coefficient (Wildman–Crippen LogP) is 4.76. The molecule has 2 nitrogen and oxygen atoms in total. The Morgan fingerprint density at radius 2 is 2.05 bits per heavy atom. The van der Waals surface area contributed by atoms with Crippen LogP contribution in [0.3, 0.4) is 0 Å². The third-order valence-corrected chi connectivity index (χ3v) is 3.81. The summed E-state index contributed by atoms with van der Waals surface area (Å²) in [5.41, 5.74) is 3.26. The number of nitriles is 1. The number of methoxy groups -OCH3 is 1. The summed E-state index contributed by atoms with van der Waals surface area (Å²) < 4.78 is 5.34. The number of ether oxygens (including phenoxy) is 1. The summed E-state index contributed by atoms with van der Waals surface area (Å²) in [6, 6.07) is 16.0. The second kappa shape index (κ2) is 7.15. The fraction of sp³-hybridized carbons (Fsp3) is 0.278.